The molecule has 2 aromatic carbocycles. The summed E-state index contributed by atoms with van der Waals surface area (Å²) in [5.74, 6) is 1.98. The fraction of sp³-hybridized carbons (Fsp3) is 0.250. The third kappa shape index (κ3) is 3.14. The van der Waals surface area contributed by atoms with Crippen LogP contribution in [0.5, 0.6) is 5.75 Å². The van der Waals surface area contributed by atoms with Gasteiger partial charge in [-0.05, 0) is 42.0 Å². The molecular formula is C16H17BrN2OS. The summed E-state index contributed by atoms with van der Waals surface area (Å²) in [4.78, 5) is 3.68. The summed E-state index contributed by atoms with van der Waals surface area (Å²) >= 11 is 5.52. The van der Waals surface area contributed by atoms with Crippen LogP contribution in [0.25, 0.3) is 0 Å². The molecule has 1 aliphatic rings. The van der Waals surface area contributed by atoms with E-state index in [0.29, 0.717) is 0 Å². The first-order valence-electron chi connectivity index (χ1n) is 6.77. The van der Waals surface area contributed by atoms with Gasteiger partial charge in [0.1, 0.15) is 5.75 Å². The molecule has 0 unspecified atom stereocenters. The number of thioether (sulfide) groups is 1. The molecular weight excluding hydrogens is 348 g/mol. The van der Waals surface area contributed by atoms with Crippen LogP contribution in [-0.2, 0) is 6.54 Å². The molecule has 0 saturated carbocycles. The first kappa shape index (κ1) is 14.6. The van der Waals surface area contributed by atoms with Gasteiger partial charge in [0.05, 0.1) is 12.8 Å². The zero-order chi connectivity index (χ0) is 14.8. The average Bonchev–Trinajstić information content (AvgIpc) is 2.50. The standard InChI is InChI=1S/C16H17BrN2OS/c1-20-13-3-4-14(17)11(8-13)10-19-6-7-21-16-5-2-12(18)9-15(16)19/h2-5,8-9H,6-7,10,18H2,1H3. The van der Waals surface area contributed by atoms with Crippen LogP contribution in [0.1, 0.15) is 5.56 Å². The Kier molecular flexibility index (Phi) is 4.31. The molecule has 0 spiro atoms. The van der Waals surface area contributed by atoms with Crippen molar-refractivity contribution in [2.45, 2.75) is 11.4 Å². The highest BCUT2D eigenvalue weighted by molar-refractivity contribution is 9.10. The van der Waals surface area contributed by atoms with Crippen molar-refractivity contribution in [3.63, 3.8) is 0 Å². The van der Waals surface area contributed by atoms with Crippen LogP contribution < -0.4 is 15.4 Å². The second-order valence-electron chi connectivity index (χ2n) is 4.95. The second-order valence-corrected chi connectivity index (χ2v) is 6.95. The Morgan fingerprint density at radius 2 is 2.14 bits per heavy atom. The number of fused-ring (bicyclic) bond motifs is 1. The molecule has 0 amide bonds. The fourth-order valence-corrected chi connectivity index (χ4v) is 3.86. The van der Waals surface area contributed by atoms with Gasteiger partial charge in [-0.3, -0.25) is 0 Å². The molecule has 21 heavy (non-hydrogen) atoms. The molecule has 3 nitrogen and oxygen atoms in total. The monoisotopic (exact) mass is 364 g/mol. The molecule has 1 heterocycles. The predicted molar refractivity (Wildman–Crippen MR) is 93.3 cm³/mol. The van der Waals surface area contributed by atoms with E-state index in [-0.39, 0.29) is 0 Å². The summed E-state index contributed by atoms with van der Waals surface area (Å²) in [5, 5.41) is 0. The minimum absolute atomic E-state index is 0.811. The maximum atomic E-state index is 5.95. The third-order valence-electron chi connectivity index (χ3n) is 3.56. The Bertz CT molecular complexity index is 663. The molecule has 0 radical (unpaired) electrons. The number of hydrogen-bond acceptors (Lipinski definition) is 4. The molecule has 1 aliphatic heterocycles. The Labute approximate surface area is 137 Å². The molecule has 0 saturated heterocycles. The van der Waals surface area contributed by atoms with Crippen LogP contribution in [0, 0.1) is 0 Å². The van der Waals surface area contributed by atoms with Crippen molar-refractivity contribution >= 4 is 39.1 Å². The number of anilines is 2. The molecule has 0 fully saturated rings. The summed E-state index contributed by atoms with van der Waals surface area (Å²) in [6.07, 6.45) is 0. The number of hydrogen-bond donors (Lipinski definition) is 1. The first-order chi connectivity index (χ1) is 10.2. The highest BCUT2D eigenvalue weighted by atomic mass is 79.9. The number of methoxy groups -OCH3 is 1. The molecule has 2 N–H and O–H groups in total. The summed E-state index contributed by atoms with van der Waals surface area (Å²) in [5.41, 5.74) is 9.20. The molecule has 2 aromatic rings. The highest BCUT2D eigenvalue weighted by Crippen LogP contribution is 2.37. The van der Waals surface area contributed by atoms with E-state index in [2.05, 4.69) is 39.0 Å². The third-order valence-corrected chi connectivity index (χ3v) is 5.37. The van der Waals surface area contributed by atoms with E-state index < -0.39 is 0 Å². The van der Waals surface area contributed by atoms with E-state index in [9.17, 15) is 0 Å². The first-order valence-corrected chi connectivity index (χ1v) is 8.55. The molecule has 110 valence electrons. The zero-order valence-electron chi connectivity index (χ0n) is 11.8. The van der Waals surface area contributed by atoms with Crippen LogP contribution in [0.4, 0.5) is 11.4 Å². The number of halogens is 1. The molecule has 0 bridgehead atoms. The Balaban J connectivity index is 1.91. The molecule has 0 aliphatic carbocycles. The van der Waals surface area contributed by atoms with Crippen molar-refractivity contribution < 1.29 is 4.74 Å². The van der Waals surface area contributed by atoms with Crippen LogP contribution in [0.15, 0.2) is 45.8 Å². The van der Waals surface area contributed by atoms with E-state index in [1.165, 1.54) is 16.1 Å². The van der Waals surface area contributed by atoms with Crippen molar-refractivity contribution in [3.05, 3.63) is 46.4 Å². The van der Waals surface area contributed by atoms with Gasteiger partial charge < -0.3 is 15.4 Å². The van der Waals surface area contributed by atoms with E-state index in [1.54, 1.807) is 7.11 Å². The lowest BCUT2D eigenvalue weighted by molar-refractivity contribution is 0.414. The topological polar surface area (TPSA) is 38.5 Å². The van der Waals surface area contributed by atoms with Gasteiger partial charge in [0.25, 0.3) is 0 Å². The van der Waals surface area contributed by atoms with Crippen molar-refractivity contribution in [2.24, 2.45) is 0 Å². The minimum Gasteiger partial charge on any atom is -0.497 e. The van der Waals surface area contributed by atoms with Gasteiger partial charge in [0.15, 0.2) is 0 Å². The lowest BCUT2D eigenvalue weighted by Crippen LogP contribution is -2.28. The fourth-order valence-electron chi connectivity index (χ4n) is 2.46. The Morgan fingerprint density at radius 3 is 2.95 bits per heavy atom. The van der Waals surface area contributed by atoms with Crippen molar-refractivity contribution in [1.29, 1.82) is 0 Å². The molecule has 0 atom stereocenters. The van der Waals surface area contributed by atoms with Crippen molar-refractivity contribution in [2.75, 3.05) is 30.0 Å². The summed E-state index contributed by atoms with van der Waals surface area (Å²) in [6.45, 7) is 1.86. The van der Waals surface area contributed by atoms with Crippen LogP contribution in [0.2, 0.25) is 0 Å². The summed E-state index contributed by atoms with van der Waals surface area (Å²) in [6, 6.07) is 12.2. The largest absolute Gasteiger partial charge is 0.497 e. The van der Waals surface area contributed by atoms with Crippen molar-refractivity contribution in [3.8, 4) is 5.75 Å². The lowest BCUT2D eigenvalue weighted by atomic mass is 10.1. The highest BCUT2D eigenvalue weighted by Gasteiger charge is 2.18. The maximum Gasteiger partial charge on any atom is 0.119 e. The van der Waals surface area contributed by atoms with Gasteiger partial charge in [-0.25, -0.2) is 0 Å². The van der Waals surface area contributed by atoms with E-state index in [4.69, 9.17) is 10.5 Å². The van der Waals surface area contributed by atoms with Crippen LogP contribution in [-0.4, -0.2) is 19.4 Å². The molecule has 0 aromatic heterocycles. The molecule has 5 heteroatoms. The van der Waals surface area contributed by atoms with Crippen LogP contribution >= 0.6 is 27.7 Å². The number of ether oxygens (including phenoxy) is 1. The number of nitrogens with zero attached hydrogens (tertiary/aromatic N) is 1. The second kappa shape index (κ2) is 6.20. The van der Waals surface area contributed by atoms with Gasteiger partial charge in [-0.1, -0.05) is 15.9 Å². The van der Waals surface area contributed by atoms with Gasteiger partial charge in [-0.2, -0.15) is 0 Å². The van der Waals surface area contributed by atoms with E-state index in [0.717, 1.165) is 34.8 Å². The number of rotatable bonds is 3. The smallest absolute Gasteiger partial charge is 0.119 e. The Morgan fingerprint density at radius 1 is 1.29 bits per heavy atom. The number of nitrogens with two attached hydrogens (primary N) is 1. The Hall–Kier alpha value is -1.33. The summed E-state index contributed by atoms with van der Waals surface area (Å²) < 4.78 is 6.43. The molecule has 3 rings (SSSR count). The van der Waals surface area contributed by atoms with Crippen LogP contribution in [0.3, 0.4) is 0 Å². The average molecular weight is 365 g/mol. The lowest BCUT2D eigenvalue weighted by Gasteiger charge is -2.31. The normalized spacial score (nSPS) is 13.9. The maximum absolute atomic E-state index is 5.95. The van der Waals surface area contributed by atoms with E-state index >= 15 is 0 Å². The predicted octanol–water partition coefficient (Wildman–Crippen LogP) is 4.15. The van der Waals surface area contributed by atoms with Gasteiger partial charge in [0, 0.05) is 33.9 Å². The van der Waals surface area contributed by atoms with E-state index in [1.807, 2.05) is 30.0 Å². The zero-order valence-corrected chi connectivity index (χ0v) is 14.2. The van der Waals surface area contributed by atoms with Gasteiger partial charge >= 0.3 is 0 Å². The SMILES string of the molecule is COc1ccc(Br)c(CN2CCSc3ccc(N)cc32)c1. The number of nitrogen functional groups attached to an aromatic ring is 1. The van der Waals surface area contributed by atoms with Crippen molar-refractivity contribution in [1.82, 2.24) is 0 Å². The quantitative estimate of drug-likeness (QED) is 0.830. The van der Waals surface area contributed by atoms with Gasteiger partial charge in [-0.15, -0.1) is 11.8 Å². The minimum atomic E-state index is 0.811. The van der Waals surface area contributed by atoms with Gasteiger partial charge in [0.2, 0.25) is 0 Å². The number of benzene rings is 2. The summed E-state index contributed by atoms with van der Waals surface area (Å²) in [7, 11) is 1.69.